The first-order chi connectivity index (χ1) is 22.4. The van der Waals surface area contributed by atoms with Crippen LogP contribution in [0, 0.1) is 30.5 Å². The first kappa shape index (κ1) is 34.6. The van der Waals surface area contributed by atoms with Gasteiger partial charge in [0.15, 0.2) is 12.0 Å². The number of hydrogen-bond donors (Lipinski definition) is 3. The molecule has 0 unspecified atom stereocenters. The van der Waals surface area contributed by atoms with Crippen LogP contribution < -0.4 is 16.0 Å². The molecule has 47 heavy (non-hydrogen) atoms. The van der Waals surface area contributed by atoms with Crippen molar-refractivity contribution in [3.63, 3.8) is 0 Å². The first-order valence-corrected chi connectivity index (χ1v) is 16.4. The van der Waals surface area contributed by atoms with E-state index < -0.39 is 41.2 Å². The summed E-state index contributed by atoms with van der Waals surface area (Å²) in [6, 6.07) is 2.83. The maximum Gasteiger partial charge on any atom is 0.276 e. The number of methoxy groups -OCH3 is 1. The molecule has 0 spiro atoms. The molecule has 2 heterocycles. The van der Waals surface area contributed by atoms with Crippen LogP contribution in [0.5, 0.6) is 0 Å². The van der Waals surface area contributed by atoms with Crippen LogP contribution >= 0.6 is 0 Å². The van der Waals surface area contributed by atoms with Crippen LogP contribution in [0.3, 0.4) is 0 Å². The van der Waals surface area contributed by atoms with Crippen LogP contribution in [0.25, 0.3) is 0 Å². The Hall–Kier alpha value is -3.75. The van der Waals surface area contributed by atoms with Crippen LogP contribution in [-0.2, 0) is 19.1 Å². The van der Waals surface area contributed by atoms with Gasteiger partial charge in [-0.2, -0.15) is 0 Å². The number of anilines is 1. The summed E-state index contributed by atoms with van der Waals surface area (Å²) in [5.74, 6) is -1.83. The Morgan fingerprint density at radius 2 is 1.77 bits per heavy atom. The van der Waals surface area contributed by atoms with E-state index in [-0.39, 0.29) is 29.8 Å². The fraction of sp³-hybridized carbons (Fsp3) is 0.636. The predicted molar refractivity (Wildman–Crippen MR) is 170 cm³/mol. The highest BCUT2D eigenvalue weighted by molar-refractivity contribution is 6.01. The van der Waals surface area contributed by atoms with E-state index in [4.69, 9.17) is 4.74 Å². The minimum Gasteiger partial charge on any atom is -0.370 e. The van der Waals surface area contributed by atoms with Gasteiger partial charge in [0.05, 0.1) is 11.7 Å². The number of aromatic nitrogens is 2. The average molecular weight is 656 g/mol. The Labute approximate surface area is 274 Å². The number of likely N-dealkylation sites (N-methyl/N-ethyl adjacent to an activating group) is 1. The predicted octanol–water partition coefficient (Wildman–Crippen LogP) is 2.13. The van der Waals surface area contributed by atoms with E-state index >= 15 is 4.39 Å². The highest BCUT2D eigenvalue weighted by Crippen LogP contribution is 2.51. The lowest BCUT2D eigenvalue weighted by Crippen LogP contribution is -2.57. The van der Waals surface area contributed by atoms with Crippen molar-refractivity contribution in [1.29, 1.82) is 0 Å². The third-order valence-corrected chi connectivity index (χ3v) is 9.90. The molecule has 1 aliphatic heterocycles. The van der Waals surface area contributed by atoms with Crippen molar-refractivity contribution in [2.24, 2.45) is 17.8 Å². The molecule has 4 atom stereocenters. The molecule has 2 aromatic rings. The number of aldehydes is 1. The second-order valence-corrected chi connectivity index (χ2v) is 13.5. The van der Waals surface area contributed by atoms with E-state index in [1.165, 1.54) is 19.2 Å². The third kappa shape index (κ3) is 8.22. The van der Waals surface area contributed by atoms with Crippen molar-refractivity contribution >= 4 is 29.7 Å². The van der Waals surface area contributed by atoms with Crippen molar-refractivity contribution < 1.29 is 32.9 Å². The van der Waals surface area contributed by atoms with Crippen LogP contribution in [0.15, 0.2) is 22.8 Å². The number of carbonyl (C=O) groups is 4. The van der Waals surface area contributed by atoms with Gasteiger partial charge in [0.2, 0.25) is 11.8 Å². The lowest BCUT2D eigenvalue weighted by Gasteiger charge is -2.37. The van der Waals surface area contributed by atoms with Crippen LogP contribution in [0.2, 0.25) is 0 Å². The third-order valence-electron chi connectivity index (χ3n) is 9.90. The van der Waals surface area contributed by atoms with Gasteiger partial charge in [0.25, 0.3) is 5.91 Å². The molecule has 1 saturated heterocycles. The van der Waals surface area contributed by atoms with Gasteiger partial charge < -0.3 is 35.3 Å². The fourth-order valence-electron chi connectivity index (χ4n) is 6.37. The van der Waals surface area contributed by atoms with E-state index in [0.717, 1.165) is 38.8 Å². The van der Waals surface area contributed by atoms with Gasteiger partial charge in [0.1, 0.15) is 23.2 Å². The van der Waals surface area contributed by atoms with Gasteiger partial charge in [-0.15, -0.1) is 0 Å². The molecular weight excluding hydrogens is 609 g/mol. The lowest BCUT2D eigenvalue weighted by molar-refractivity contribution is -0.136. The van der Waals surface area contributed by atoms with Crippen molar-refractivity contribution in [2.75, 3.05) is 52.2 Å². The lowest BCUT2D eigenvalue weighted by atomic mass is 9.88. The van der Waals surface area contributed by atoms with Gasteiger partial charge in [-0.1, -0.05) is 18.1 Å². The van der Waals surface area contributed by atoms with Crippen molar-refractivity contribution in [1.82, 2.24) is 30.7 Å². The van der Waals surface area contributed by atoms with E-state index in [9.17, 15) is 19.2 Å². The average Bonchev–Trinajstić information content (AvgIpc) is 4.01. The number of amides is 3. The van der Waals surface area contributed by atoms with E-state index in [1.807, 2.05) is 14.0 Å². The zero-order chi connectivity index (χ0) is 33.9. The largest absolute Gasteiger partial charge is 0.370 e. The zero-order valence-electron chi connectivity index (χ0n) is 27.8. The van der Waals surface area contributed by atoms with E-state index in [2.05, 4.69) is 35.8 Å². The molecule has 1 aromatic carbocycles. The van der Waals surface area contributed by atoms with E-state index in [1.54, 1.807) is 24.8 Å². The molecule has 1 aromatic heterocycles. The van der Waals surface area contributed by atoms with Crippen molar-refractivity contribution in [2.45, 2.75) is 70.1 Å². The Morgan fingerprint density at radius 1 is 1.11 bits per heavy atom. The molecule has 13 nitrogen and oxygen atoms in total. The molecule has 3 fully saturated rings. The highest BCUT2D eigenvalue weighted by Gasteiger charge is 2.48. The monoisotopic (exact) mass is 655 g/mol. The normalized spacial score (nSPS) is 20.3. The second-order valence-electron chi connectivity index (χ2n) is 13.5. The number of nitrogens with one attached hydrogen (secondary N) is 3. The van der Waals surface area contributed by atoms with Gasteiger partial charge in [-0.05, 0) is 87.2 Å². The molecule has 5 rings (SSSR count). The number of aryl methyl sites for hydroxylation is 1. The summed E-state index contributed by atoms with van der Waals surface area (Å²) in [7, 11) is 3.43. The van der Waals surface area contributed by atoms with Gasteiger partial charge >= 0.3 is 0 Å². The molecular formula is C33H46FN7O6. The smallest absolute Gasteiger partial charge is 0.276 e. The highest BCUT2D eigenvalue weighted by atomic mass is 19.1. The number of halogens is 1. The van der Waals surface area contributed by atoms with Gasteiger partial charge in [0, 0.05) is 45.8 Å². The second kappa shape index (κ2) is 14.6. The molecule has 3 N–H and O–H groups in total. The number of carbonyl (C=O) groups excluding carboxylic acids is 4. The number of benzene rings is 1. The molecule has 3 aliphatic rings. The molecule has 0 bridgehead atoms. The molecule has 14 heteroatoms. The standard InChI is InChI=1S/C33H46FN7O6/c1-19(27(35-17-33(3,18-42)46-5)32(45)41-14-12-40(4)13-15-41)23-10-11-25(24(34)16-23)36-31(44)29(26(21-6-7-21)22-8-9-22)37-30(43)28-20(2)38-47-39-28/h10-11,16,18-19,21-22,26-27,29,35H,6-9,12-15,17H2,1-5H3,(H,36,44)(H,37,43)/t19-,27+,29-,33+/m0/s1. The summed E-state index contributed by atoms with van der Waals surface area (Å²) in [5, 5.41) is 16.1. The summed E-state index contributed by atoms with van der Waals surface area (Å²) in [5.41, 5.74) is -0.321. The van der Waals surface area contributed by atoms with Crippen LogP contribution in [-0.4, -0.2) is 109 Å². The number of piperazine rings is 1. The van der Waals surface area contributed by atoms with Gasteiger partial charge in [-0.3, -0.25) is 14.4 Å². The Balaban J connectivity index is 1.34. The first-order valence-electron chi connectivity index (χ1n) is 16.4. The molecule has 3 amide bonds. The molecule has 2 saturated carbocycles. The Morgan fingerprint density at radius 3 is 2.30 bits per heavy atom. The van der Waals surface area contributed by atoms with E-state index in [0.29, 0.717) is 42.5 Å². The summed E-state index contributed by atoms with van der Waals surface area (Å²) in [6.45, 7) is 7.71. The SMILES string of the molecule is CO[C@@](C)(C=O)CN[C@@H](C(=O)N1CCN(C)CC1)[C@@H](C)c1ccc(NC(=O)[C@@H](NC(=O)c2nonc2C)C(C2CC2)C2CC2)c(F)c1. The van der Waals surface area contributed by atoms with Crippen LogP contribution in [0.1, 0.15) is 67.2 Å². The summed E-state index contributed by atoms with van der Waals surface area (Å²) < 4.78 is 25.8. The number of hydrogen-bond acceptors (Lipinski definition) is 10. The summed E-state index contributed by atoms with van der Waals surface area (Å²) in [4.78, 5) is 56.3. The minimum atomic E-state index is -1.15. The van der Waals surface area contributed by atoms with Crippen molar-refractivity contribution in [3.8, 4) is 0 Å². The number of rotatable bonds is 15. The fourth-order valence-corrected chi connectivity index (χ4v) is 6.37. The number of ether oxygens (including phenoxy) is 1. The van der Waals surface area contributed by atoms with Crippen molar-refractivity contribution in [3.05, 3.63) is 41.0 Å². The topological polar surface area (TPSA) is 159 Å². The molecule has 2 aliphatic carbocycles. The van der Waals surface area contributed by atoms with Gasteiger partial charge in [-0.25, -0.2) is 9.02 Å². The zero-order valence-corrected chi connectivity index (χ0v) is 27.8. The van der Waals surface area contributed by atoms with Crippen LogP contribution in [0.4, 0.5) is 10.1 Å². The molecule has 256 valence electrons. The summed E-state index contributed by atoms with van der Waals surface area (Å²) in [6.07, 6.45) is 4.60. The summed E-state index contributed by atoms with van der Waals surface area (Å²) >= 11 is 0. The quantitative estimate of drug-likeness (QED) is 0.243. The Bertz CT molecular complexity index is 1440. The minimum absolute atomic E-state index is 0.00547. The number of nitrogens with zero attached hydrogens (tertiary/aromatic N) is 4. The maximum atomic E-state index is 15.7. The Kier molecular flexibility index (Phi) is 10.7. The molecule has 0 radical (unpaired) electrons. The maximum absolute atomic E-state index is 15.7.